The summed E-state index contributed by atoms with van der Waals surface area (Å²) in [7, 11) is 1.54. The number of carbonyl (C=O) groups is 1. The molecule has 3 aromatic rings. The lowest BCUT2D eigenvalue weighted by atomic mass is 10.3. The van der Waals surface area contributed by atoms with Crippen molar-refractivity contribution >= 4 is 16.9 Å². The highest BCUT2D eigenvalue weighted by atomic mass is 16.2. The molecule has 0 aliphatic heterocycles. The number of nitrogens with one attached hydrogen (secondary N) is 2. The molecule has 1 aromatic carbocycles. The molecule has 0 aliphatic carbocycles. The minimum atomic E-state index is -0.708. The third-order valence-electron chi connectivity index (χ3n) is 3.84. The Balaban J connectivity index is 1.81. The number of hydrogen-bond acceptors (Lipinski definition) is 4. The van der Waals surface area contributed by atoms with Crippen LogP contribution in [0.1, 0.15) is 5.69 Å². The molecule has 8 heteroatoms. The summed E-state index contributed by atoms with van der Waals surface area (Å²) in [5, 5.41) is 2.74. The second kappa shape index (κ2) is 6.53. The third-order valence-corrected chi connectivity index (χ3v) is 3.84. The van der Waals surface area contributed by atoms with E-state index in [2.05, 4.69) is 15.3 Å². The fourth-order valence-corrected chi connectivity index (χ4v) is 2.57. The molecule has 1 amide bonds. The Morgan fingerprint density at radius 3 is 2.67 bits per heavy atom. The second-order valence-electron chi connectivity index (χ2n) is 5.42. The van der Waals surface area contributed by atoms with Gasteiger partial charge in [-0.1, -0.05) is 12.1 Å². The monoisotopic (exact) mass is 327 g/mol. The number of carbonyl (C=O) groups excluding carboxylic acids is 1. The van der Waals surface area contributed by atoms with Gasteiger partial charge in [0.15, 0.2) is 0 Å². The Morgan fingerprint density at radius 1 is 1.21 bits per heavy atom. The van der Waals surface area contributed by atoms with E-state index < -0.39 is 11.1 Å². The highest BCUT2D eigenvalue weighted by Gasteiger charge is 2.13. The first kappa shape index (κ1) is 15.7. The number of aromatic amines is 1. The molecule has 2 heterocycles. The van der Waals surface area contributed by atoms with Crippen LogP contribution in [0.3, 0.4) is 0 Å². The molecule has 0 atom stereocenters. The summed E-state index contributed by atoms with van der Waals surface area (Å²) >= 11 is 0. The number of benzene rings is 1. The van der Waals surface area contributed by atoms with Crippen molar-refractivity contribution in [3.05, 3.63) is 63.2 Å². The predicted molar refractivity (Wildman–Crippen MR) is 88.8 cm³/mol. The maximum Gasteiger partial charge on any atom is 0.317 e. The number of amides is 1. The first-order valence-corrected chi connectivity index (χ1v) is 7.50. The highest BCUT2D eigenvalue weighted by molar-refractivity contribution is 5.80. The van der Waals surface area contributed by atoms with Gasteiger partial charge in [0.1, 0.15) is 6.54 Å². The Labute approximate surface area is 136 Å². The SMILES string of the molecule is Cn1c(=O)c(=O)n(CC(=O)NCCc2cnc[nH]2)c2ccccc21. The Bertz CT molecular complexity index is 985. The zero-order valence-corrected chi connectivity index (χ0v) is 13.2. The molecule has 0 saturated heterocycles. The summed E-state index contributed by atoms with van der Waals surface area (Å²) < 4.78 is 2.51. The number of hydrogen-bond donors (Lipinski definition) is 2. The van der Waals surface area contributed by atoms with Crippen molar-refractivity contribution in [2.75, 3.05) is 6.54 Å². The Hall–Kier alpha value is -3.16. The number of aromatic nitrogens is 4. The van der Waals surface area contributed by atoms with Crippen LogP contribution < -0.4 is 16.4 Å². The molecule has 0 spiro atoms. The fraction of sp³-hybridized carbons (Fsp3) is 0.250. The molecular formula is C16H17N5O3. The van der Waals surface area contributed by atoms with Crippen LogP contribution in [0, 0.1) is 0 Å². The van der Waals surface area contributed by atoms with E-state index in [1.165, 1.54) is 9.13 Å². The number of H-pyrrole nitrogens is 1. The van der Waals surface area contributed by atoms with Gasteiger partial charge in [-0.2, -0.15) is 0 Å². The highest BCUT2D eigenvalue weighted by Crippen LogP contribution is 2.08. The number of rotatable bonds is 5. The summed E-state index contributed by atoms with van der Waals surface area (Å²) in [6, 6.07) is 7.00. The van der Waals surface area contributed by atoms with Gasteiger partial charge in [0.2, 0.25) is 5.91 Å². The van der Waals surface area contributed by atoms with Gasteiger partial charge >= 0.3 is 11.1 Å². The number of aryl methyl sites for hydroxylation is 1. The van der Waals surface area contributed by atoms with Crippen molar-refractivity contribution in [1.29, 1.82) is 0 Å². The average molecular weight is 327 g/mol. The minimum Gasteiger partial charge on any atom is -0.354 e. The second-order valence-corrected chi connectivity index (χ2v) is 5.42. The number of imidazole rings is 1. The van der Waals surface area contributed by atoms with E-state index >= 15 is 0 Å². The number of para-hydroxylation sites is 2. The molecule has 124 valence electrons. The van der Waals surface area contributed by atoms with Crippen LogP contribution in [-0.2, 0) is 24.8 Å². The molecule has 24 heavy (non-hydrogen) atoms. The van der Waals surface area contributed by atoms with Gasteiger partial charge in [-0.15, -0.1) is 0 Å². The van der Waals surface area contributed by atoms with Gasteiger partial charge in [0, 0.05) is 31.9 Å². The summed E-state index contributed by atoms with van der Waals surface area (Å²) in [5.74, 6) is -0.324. The smallest absolute Gasteiger partial charge is 0.317 e. The molecule has 0 unspecified atom stereocenters. The van der Waals surface area contributed by atoms with Gasteiger partial charge in [0.05, 0.1) is 17.4 Å². The molecule has 2 N–H and O–H groups in total. The first-order chi connectivity index (χ1) is 11.6. The Morgan fingerprint density at radius 2 is 1.96 bits per heavy atom. The average Bonchev–Trinajstić information content (AvgIpc) is 3.10. The fourth-order valence-electron chi connectivity index (χ4n) is 2.57. The van der Waals surface area contributed by atoms with Crippen molar-refractivity contribution in [3.8, 4) is 0 Å². The number of fused-ring (bicyclic) bond motifs is 1. The lowest BCUT2D eigenvalue weighted by Gasteiger charge is -2.12. The first-order valence-electron chi connectivity index (χ1n) is 7.50. The van der Waals surface area contributed by atoms with Crippen LogP contribution in [0.25, 0.3) is 11.0 Å². The van der Waals surface area contributed by atoms with Crippen LogP contribution in [0.2, 0.25) is 0 Å². The standard InChI is InChI=1S/C16H17N5O3/c1-20-12-4-2-3-5-13(12)21(16(24)15(20)23)9-14(22)18-7-6-11-8-17-10-19-11/h2-5,8,10H,6-7,9H2,1H3,(H,17,19)(H,18,22). The van der Waals surface area contributed by atoms with Crippen molar-refractivity contribution in [3.63, 3.8) is 0 Å². The lowest BCUT2D eigenvalue weighted by molar-refractivity contribution is -0.121. The van der Waals surface area contributed by atoms with Crippen LogP contribution >= 0.6 is 0 Å². The molecule has 0 saturated carbocycles. The number of nitrogens with zero attached hydrogens (tertiary/aromatic N) is 3. The van der Waals surface area contributed by atoms with Crippen molar-refractivity contribution in [2.45, 2.75) is 13.0 Å². The quantitative estimate of drug-likeness (QED) is 0.633. The van der Waals surface area contributed by atoms with E-state index in [-0.39, 0.29) is 12.5 Å². The van der Waals surface area contributed by atoms with E-state index in [0.29, 0.717) is 24.0 Å². The van der Waals surface area contributed by atoms with Crippen molar-refractivity contribution in [1.82, 2.24) is 24.4 Å². The van der Waals surface area contributed by atoms with E-state index in [9.17, 15) is 14.4 Å². The maximum atomic E-state index is 12.2. The maximum absolute atomic E-state index is 12.2. The molecule has 8 nitrogen and oxygen atoms in total. The molecule has 0 radical (unpaired) electrons. The van der Waals surface area contributed by atoms with Crippen LogP contribution in [-0.4, -0.2) is 31.6 Å². The summed E-state index contributed by atoms with van der Waals surface area (Å²) in [6.07, 6.45) is 3.87. The topological polar surface area (TPSA) is 102 Å². The molecule has 3 rings (SSSR count). The van der Waals surface area contributed by atoms with E-state index in [1.54, 1.807) is 43.8 Å². The van der Waals surface area contributed by atoms with Crippen LogP contribution in [0.5, 0.6) is 0 Å². The lowest BCUT2D eigenvalue weighted by Crippen LogP contribution is -2.43. The van der Waals surface area contributed by atoms with Gasteiger partial charge in [-0.3, -0.25) is 19.0 Å². The van der Waals surface area contributed by atoms with Gasteiger partial charge < -0.3 is 14.9 Å². The summed E-state index contributed by atoms with van der Waals surface area (Å²) in [6.45, 7) is 0.219. The molecule has 0 fully saturated rings. The van der Waals surface area contributed by atoms with Gasteiger partial charge in [-0.05, 0) is 12.1 Å². The summed E-state index contributed by atoms with van der Waals surface area (Å²) in [5.41, 5.74) is 0.700. The molecule has 0 aliphatic rings. The van der Waals surface area contributed by atoms with Crippen LogP contribution in [0.4, 0.5) is 0 Å². The molecule has 0 bridgehead atoms. The minimum absolute atomic E-state index is 0.196. The molecule has 2 aromatic heterocycles. The third kappa shape index (κ3) is 2.98. The molecular weight excluding hydrogens is 310 g/mol. The Kier molecular flexibility index (Phi) is 4.28. The van der Waals surface area contributed by atoms with Crippen LogP contribution in [0.15, 0.2) is 46.4 Å². The van der Waals surface area contributed by atoms with Gasteiger partial charge in [0.25, 0.3) is 0 Å². The zero-order chi connectivity index (χ0) is 17.1. The zero-order valence-electron chi connectivity index (χ0n) is 13.2. The summed E-state index contributed by atoms with van der Waals surface area (Å²) in [4.78, 5) is 43.3. The largest absolute Gasteiger partial charge is 0.354 e. The van der Waals surface area contributed by atoms with E-state index in [0.717, 1.165) is 5.69 Å². The predicted octanol–water partition coefficient (Wildman–Crippen LogP) is -0.218. The van der Waals surface area contributed by atoms with E-state index in [4.69, 9.17) is 0 Å². The van der Waals surface area contributed by atoms with Gasteiger partial charge in [-0.25, -0.2) is 4.98 Å². The van der Waals surface area contributed by atoms with Crippen molar-refractivity contribution < 1.29 is 4.79 Å². The van der Waals surface area contributed by atoms with Crippen molar-refractivity contribution in [2.24, 2.45) is 7.05 Å². The normalized spacial score (nSPS) is 10.9. The van der Waals surface area contributed by atoms with E-state index in [1.807, 2.05) is 0 Å².